The topological polar surface area (TPSA) is 112 Å². The van der Waals surface area contributed by atoms with Gasteiger partial charge in [-0.25, -0.2) is 14.6 Å². The van der Waals surface area contributed by atoms with E-state index in [-0.39, 0.29) is 23.2 Å². The molecule has 0 atom stereocenters. The van der Waals surface area contributed by atoms with Gasteiger partial charge in [-0.15, -0.1) is 0 Å². The van der Waals surface area contributed by atoms with Crippen LogP contribution in [0.15, 0.2) is 44.4 Å². The van der Waals surface area contributed by atoms with E-state index in [0.29, 0.717) is 11.4 Å². The number of halogens is 1. The minimum atomic E-state index is -0.783. The number of esters is 1. The third-order valence-corrected chi connectivity index (χ3v) is 4.88. The minimum absolute atomic E-state index is 0.00187. The first-order chi connectivity index (χ1) is 14.2. The number of nitrogens with zero attached hydrogens (tertiary/aromatic N) is 3. The third kappa shape index (κ3) is 4.18. The zero-order valence-corrected chi connectivity index (χ0v) is 18.1. The molecule has 0 fully saturated rings. The summed E-state index contributed by atoms with van der Waals surface area (Å²) < 4.78 is 7.79. The van der Waals surface area contributed by atoms with E-state index in [2.05, 4.69) is 26.2 Å². The average molecular weight is 475 g/mol. The molecule has 0 bridgehead atoms. The van der Waals surface area contributed by atoms with Crippen molar-refractivity contribution >= 4 is 44.5 Å². The second-order valence-corrected chi connectivity index (χ2v) is 7.43. The quantitative estimate of drug-likeness (QED) is 0.565. The third-order valence-electron chi connectivity index (χ3n) is 4.35. The molecular weight excluding hydrogens is 456 g/mol. The van der Waals surface area contributed by atoms with Gasteiger partial charge in [-0.05, 0) is 44.2 Å². The standard InChI is InChI=1S/C20H19BrN4O5/c1-4-30-19(28)14-9-11(2)22-17-16(14)18(27)25(20(29)24(17)3)10-15(26)23-13-7-5-12(21)6-8-13/h5-9H,4,10H2,1-3H3,(H,23,26). The van der Waals surface area contributed by atoms with Crippen molar-refractivity contribution in [3.05, 3.63) is 66.9 Å². The van der Waals surface area contributed by atoms with Crippen molar-refractivity contribution in [3.63, 3.8) is 0 Å². The highest BCUT2D eigenvalue weighted by molar-refractivity contribution is 9.10. The molecule has 0 aliphatic heterocycles. The van der Waals surface area contributed by atoms with Crippen molar-refractivity contribution in [2.45, 2.75) is 20.4 Å². The Morgan fingerprint density at radius 3 is 2.50 bits per heavy atom. The molecule has 0 unspecified atom stereocenters. The van der Waals surface area contributed by atoms with Crippen LogP contribution in [0.25, 0.3) is 11.0 Å². The minimum Gasteiger partial charge on any atom is -0.462 e. The smallest absolute Gasteiger partial charge is 0.339 e. The Kier molecular flexibility index (Phi) is 6.16. The number of rotatable bonds is 5. The summed E-state index contributed by atoms with van der Waals surface area (Å²) >= 11 is 3.30. The molecule has 30 heavy (non-hydrogen) atoms. The average Bonchev–Trinajstić information content (AvgIpc) is 2.70. The number of aromatic nitrogens is 3. The number of benzene rings is 1. The van der Waals surface area contributed by atoms with Crippen LogP contribution >= 0.6 is 15.9 Å². The molecule has 3 rings (SSSR count). The van der Waals surface area contributed by atoms with E-state index in [4.69, 9.17) is 4.74 Å². The van der Waals surface area contributed by atoms with Gasteiger partial charge in [0.1, 0.15) is 12.2 Å². The lowest BCUT2D eigenvalue weighted by Crippen LogP contribution is -2.42. The number of pyridine rings is 1. The van der Waals surface area contributed by atoms with Gasteiger partial charge in [-0.3, -0.25) is 18.7 Å². The van der Waals surface area contributed by atoms with Crippen LogP contribution in [0.2, 0.25) is 0 Å². The number of fused-ring (bicyclic) bond motifs is 1. The van der Waals surface area contributed by atoms with Crippen LogP contribution < -0.4 is 16.6 Å². The zero-order chi connectivity index (χ0) is 22.0. The van der Waals surface area contributed by atoms with Crippen molar-refractivity contribution in [3.8, 4) is 0 Å². The fourth-order valence-electron chi connectivity index (χ4n) is 2.99. The first-order valence-electron chi connectivity index (χ1n) is 9.06. The van der Waals surface area contributed by atoms with Gasteiger partial charge in [-0.2, -0.15) is 0 Å². The van der Waals surface area contributed by atoms with E-state index in [1.807, 2.05) is 0 Å². The van der Waals surface area contributed by atoms with Gasteiger partial charge in [0.15, 0.2) is 0 Å². The van der Waals surface area contributed by atoms with Crippen LogP contribution in [0.3, 0.4) is 0 Å². The van der Waals surface area contributed by atoms with Gasteiger partial charge < -0.3 is 10.1 Å². The molecule has 1 N–H and O–H groups in total. The van der Waals surface area contributed by atoms with Gasteiger partial charge in [-0.1, -0.05) is 15.9 Å². The van der Waals surface area contributed by atoms with E-state index in [0.717, 1.165) is 13.6 Å². The Labute approximate surface area is 179 Å². The molecule has 0 aliphatic rings. The van der Waals surface area contributed by atoms with E-state index in [1.54, 1.807) is 38.1 Å². The summed E-state index contributed by atoms with van der Waals surface area (Å²) in [6, 6.07) is 8.27. The molecule has 9 nitrogen and oxygen atoms in total. The first-order valence-corrected chi connectivity index (χ1v) is 9.86. The molecule has 2 aromatic heterocycles. The molecule has 0 radical (unpaired) electrons. The van der Waals surface area contributed by atoms with Crippen molar-refractivity contribution in [1.29, 1.82) is 0 Å². The second kappa shape index (κ2) is 8.62. The lowest BCUT2D eigenvalue weighted by atomic mass is 10.1. The highest BCUT2D eigenvalue weighted by atomic mass is 79.9. The predicted molar refractivity (Wildman–Crippen MR) is 115 cm³/mol. The number of carbonyl (C=O) groups excluding carboxylic acids is 2. The van der Waals surface area contributed by atoms with Crippen molar-refractivity contribution < 1.29 is 14.3 Å². The normalized spacial score (nSPS) is 10.8. The maximum absolute atomic E-state index is 13.1. The highest BCUT2D eigenvalue weighted by Crippen LogP contribution is 2.16. The number of hydrogen-bond acceptors (Lipinski definition) is 6. The summed E-state index contributed by atoms with van der Waals surface area (Å²) in [5.41, 5.74) is -0.482. The lowest BCUT2D eigenvalue weighted by molar-refractivity contribution is -0.116. The van der Waals surface area contributed by atoms with E-state index in [9.17, 15) is 19.2 Å². The Balaban J connectivity index is 2.10. The maximum atomic E-state index is 13.1. The number of anilines is 1. The summed E-state index contributed by atoms with van der Waals surface area (Å²) in [5.74, 6) is -1.26. The van der Waals surface area contributed by atoms with Gasteiger partial charge in [0.05, 0.1) is 17.6 Å². The highest BCUT2D eigenvalue weighted by Gasteiger charge is 2.22. The van der Waals surface area contributed by atoms with Gasteiger partial charge in [0.25, 0.3) is 5.56 Å². The van der Waals surface area contributed by atoms with E-state index < -0.39 is 29.7 Å². The zero-order valence-electron chi connectivity index (χ0n) is 16.6. The summed E-state index contributed by atoms with van der Waals surface area (Å²) in [7, 11) is 1.43. The van der Waals surface area contributed by atoms with Crippen LogP contribution in [0.1, 0.15) is 23.0 Å². The molecule has 0 saturated heterocycles. The van der Waals surface area contributed by atoms with Crippen LogP contribution in [0.5, 0.6) is 0 Å². The van der Waals surface area contributed by atoms with E-state index in [1.165, 1.54) is 13.1 Å². The molecule has 1 aromatic carbocycles. The molecule has 3 aromatic rings. The maximum Gasteiger partial charge on any atom is 0.339 e. The number of nitrogens with one attached hydrogen (secondary N) is 1. The Morgan fingerprint density at radius 1 is 1.20 bits per heavy atom. The second-order valence-electron chi connectivity index (χ2n) is 6.52. The molecule has 10 heteroatoms. The van der Waals surface area contributed by atoms with Gasteiger partial charge >= 0.3 is 11.7 Å². The monoisotopic (exact) mass is 474 g/mol. The Bertz CT molecular complexity index is 1260. The number of ether oxygens (including phenoxy) is 1. The molecular formula is C20H19BrN4O5. The van der Waals surface area contributed by atoms with Crippen LogP contribution in [0, 0.1) is 6.92 Å². The summed E-state index contributed by atoms with van der Waals surface area (Å²) in [5, 5.41) is 2.56. The van der Waals surface area contributed by atoms with Crippen LogP contribution in [-0.2, 0) is 23.1 Å². The largest absolute Gasteiger partial charge is 0.462 e. The lowest BCUT2D eigenvalue weighted by Gasteiger charge is -2.13. The summed E-state index contributed by atoms with van der Waals surface area (Å²) in [4.78, 5) is 54.9. The molecule has 0 spiro atoms. The predicted octanol–water partition coefficient (Wildman–Crippen LogP) is 1.98. The number of carbonyl (C=O) groups is 2. The van der Waals surface area contributed by atoms with Crippen LogP contribution in [-0.4, -0.2) is 32.6 Å². The number of amides is 1. The van der Waals surface area contributed by atoms with E-state index >= 15 is 0 Å². The fraction of sp³-hybridized carbons (Fsp3) is 0.250. The van der Waals surface area contributed by atoms with Crippen molar-refractivity contribution in [2.75, 3.05) is 11.9 Å². The molecule has 1 amide bonds. The summed E-state index contributed by atoms with van der Waals surface area (Å²) in [6.45, 7) is 2.89. The Morgan fingerprint density at radius 2 is 1.87 bits per heavy atom. The van der Waals surface area contributed by atoms with Crippen molar-refractivity contribution in [1.82, 2.24) is 14.1 Å². The van der Waals surface area contributed by atoms with Crippen molar-refractivity contribution in [2.24, 2.45) is 7.05 Å². The first kappa shape index (κ1) is 21.4. The summed E-state index contributed by atoms with van der Waals surface area (Å²) in [6.07, 6.45) is 0. The number of hydrogen-bond donors (Lipinski definition) is 1. The Hall–Kier alpha value is -3.27. The molecule has 0 aliphatic carbocycles. The van der Waals surface area contributed by atoms with Gasteiger partial charge in [0.2, 0.25) is 5.91 Å². The van der Waals surface area contributed by atoms with Crippen LogP contribution in [0.4, 0.5) is 5.69 Å². The van der Waals surface area contributed by atoms with Gasteiger partial charge in [0, 0.05) is 22.9 Å². The molecule has 156 valence electrons. The number of aryl methyl sites for hydroxylation is 2. The fourth-order valence-corrected chi connectivity index (χ4v) is 3.25. The molecule has 0 saturated carbocycles. The SMILES string of the molecule is CCOC(=O)c1cc(C)nc2c1c(=O)n(CC(=O)Nc1ccc(Br)cc1)c(=O)n2C. The molecule has 2 heterocycles.